The molecular weight excluding hydrogens is 290 g/mol. The minimum Gasteiger partial charge on any atom is -0.488 e. The summed E-state index contributed by atoms with van der Waals surface area (Å²) in [5.74, 6) is 1.48. The van der Waals surface area contributed by atoms with E-state index in [-0.39, 0.29) is 0 Å². The molecule has 4 heteroatoms. The van der Waals surface area contributed by atoms with Crippen molar-refractivity contribution < 1.29 is 4.74 Å². The molecule has 1 heterocycles. The van der Waals surface area contributed by atoms with Crippen LogP contribution >= 0.6 is 22.9 Å². The highest BCUT2D eigenvalue weighted by Crippen LogP contribution is 2.27. The second-order valence-corrected chi connectivity index (χ2v) is 6.35. The monoisotopic (exact) mass is 309 g/mol. The van der Waals surface area contributed by atoms with Crippen molar-refractivity contribution in [2.24, 2.45) is 5.92 Å². The van der Waals surface area contributed by atoms with Gasteiger partial charge in [0.15, 0.2) is 0 Å². The smallest absolute Gasteiger partial charge is 0.125 e. The van der Waals surface area contributed by atoms with E-state index < -0.39 is 0 Å². The van der Waals surface area contributed by atoms with Crippen molar-refractivity contribution in [3.63, 3.8) is 0 Å². The summed E-state index contributed by atoms with van der Waals surface area (Å²) in [6, 6.07) is 7.89. The molecule has 0 aliphatic carbocycles. The number of hydrogen-bond donors (Lipinski definition) is 1. The van der Waals surface area contributed by atoms with Gasteiger partial charge in [0.05, 0.1) is 0 Å². The maximum atomic E-state index is 6.29. The van der Waals surface area contributed by atoms with Crippen molar-refractivity contribution >= 4 is 22.9 Å². The van der Waals surface area contributed by atoms with E-state index in [2.05, 4.69) is 36.0 Å². The fourth-order valence-corrected chi connectivity index (χ4v) is 2.75. The molecule has 0 saturated carbocycles. The topological polar surface area (TPSA) is 21.3 Å². The van der Waals surface area contributed by atoms with Gasteiger partial charge in [-0.05, 0) is 47.0 Å². The average Bonchev–Trinajstić information content (AvgIpc) is 2.91. The molecule has 0 amide bonds. The van der Waals surface area contributed by atoms with E-state index in [1.165, 1.54) is 5.56 Å². The molecular formula is C16H20ClNOS. The van der Waals surface area contributed by atoms with Gasteiger partial charge in [-0.2, -0.15) is 11.3 Å². The van der Waals surface area contributed by atoms with Gasteiger partial charge in [0.1, 0.15) is 12.4 Å². The number of hydrogen-bond acceptors (Lipinski definition) is 3. The summed E-state index contributed by atoms with van der Waals surface area (Å²) in [5.41, 5.74) is 2.22. The zero-order chi connectivity index (χ0) is 14.4. The van der Waals surface area contributed by atoms with Crippen LogP contribution in [0.5, 0.6) is 5.75 Å². The van der Waals surface area contributed by atoms with Crippen molar-refractivity contribution in [1.82, 2.24) is 5.32 Å². The number of thiophene rings is 1. The third kappa shape index (κ3) is 4.51. The molecule has 0 saturated heterocycles. The predicted octanol–water partition coefficient (Wildman–Crippen LogP) is 4.73. The van der Waals surface area contributed by atoms with E-state index in [0.29, 0.717) is 12.5 Å². The molecule has 2 aromatic rings. The molecule has 0 radical (unpaired) electrons. The Kier molecular flexibility index (Phi) is 5.89. The van der Waals surface area contributed by atoms with Crippen LogP contribution in [0.15, 0.2) is 35.0 Å². The molecule has 2 rings (SSSR count). The summed E-state index contributed by atoms with van der Waals surface area (Å²) >= 11 is 7.97. The first-order chi connectivity index (χ1) is 9.66. The first-order valence-corrected chi connectivity index (χ1v) is 8.11. The average molecular weight is 310 g/mol. The highest BCUT2D eigenvalue weighted by Gasteiger charge is 2.08. The first kappa shape index (κ1) is 15.4. The number of nitrogens with one attached hydrogen (secondary N) is 1. The van der Waals surface area contributed by atoms with Crippen molar-refractivity contribution in [2.45, 2.75) is 27.0 Å². The fraction of sp³-hybridized carbons (Fsp3) is 0.375. The van der Waals surface area contributed by atoms with E-state index in [1.807, 2.05) is 18.2 Å². The summed E-state index contributed by atoms with van der Waals surface area (Å²) in [7, 11) is 0. The maximum absolute atomic E-state index is 6.29. The molecule has 1 aromatic heterocycles. The number of ether oxygens (including phenoxy) is 1. The lowest BCUT2D eigenvalue weighted by atomic mass is 10.1. The Hall–Kier alpha value is -1.03. The number of halogens is 1. The second-order valence-electron chi connectivity index (χ2n) is 5.16. The second kappa shape index (κ2) is 7.67. The van der Waals surface area contributed by atoms with Gasteiger partial charge in [-0.15, -0.1) is 0 Å². The van der Waals surface area contributed by atoms with E-state index >= 15 is 0 Å². The first-order valence-electron chi connectivity index (χ1n) is 6.79. The van der Waals surface area contributed by atoms with Crippen molar-refractivity contribution in [1.29, 1.82) is 0 Å². The van der Waals surface area contributed by atoms with Crippen LogP contribution in [0.3, 0.4) is 0 Å². The van der Waals surface area contributed by atoms with Crippen LogP contribution in [-0.4, -0.2) is 6.54 Å². The van der Waals surface area contributed by atoms with Gasteiger partial charge in [0.25, 0.3) is 0 Å². The van der Waals surface area contributed by atoms with Gasteiger partial charge in [-0.1, -0.05) is 31.5 Å². The van der Waals surface area contributed by atoms with E-state index in [4.69, 9.17) is 16.3 Å². The largest absolute Gasteiger partial charge is 0.488 e. The normalized spacial score (nSPS) is 11.0. The Labute approximate surface area is 129 Å². The molecule has 0 aliphatic rings. The fourth-order valence-electron chi connectivity index (χ4n) is 1.87. The Morgan fingerprint density at radius 2 is 2.15 bits per heavy atom. The Morgan fingerprint density at radius 1 is 1.30 bits per heavy atom. The van der Waals surface area contributed by atoms with Crippen LogP contribution in [0.25, 0.3) is 0 Å². The Bertz CT molecular complexity index is 525. The van der Waals surface area contributed by atoms with Crippen molar-refractivity contribution in [3.8, 4) is 5.75 Å². The summed E-state index contributed by atoms with van der Waals surface area (Å²) < 4.78 is 5.90. The molecule has 0 aliphatic heterocycles. The maximum Gasteiger partial charge on any atom is 0.125 e. The van der Waals surface area contributed by atoms with Crippen LogP contribution in [-0.2, 0) is 13.2 Å². The van der Waals surface area contributed by atoms with E-state index in [0.717, 1.165) is 29.4 Å². The van der Waals surface area contributed by atoms with Crippen LogP contribution in [0.2, 0.25) is 5.02 Å². The predicted molar refractivity (Wildman–Crippen MR) is 86.6 cm³/mol. The summed E-state index contributed by atoms with van der Waals surface area (Å²) in [6.07, 6.45) is 0. The molecule has 0 fully saturated rings. The molecule has 20 heavy (non-hydrogen) atoms. The molecule has 0 unspecified atom stereocenters. The zero-order valence-corrected chi connectivity index (χ0v) is 13.4. The van der Waals surface area contributed by atoms with Crippen molar-refractivity contribution in [2.75, 3.05) is 6.54 Å². The quantitative estimate of drug-likeness (QED) is 0.798. The molecule has 108 valence electrons. The van der Waals surface area contributed by atoms with Gasteiger partial charge >= 0.3 is 0 Å². The van der Waals surface area contributed by atoms with Crippen LogP contribution < -0.4 is 10.1 Å². The van der Waals surface area contributed by atoms with Gasteiger partial charge in [0, 0.05) is 17.1 Å². The lowest BCUT2D eigenvalue weighted by Crippen LogP contribution is -2.19. The van der Waals surface area contributed by atoms with Gasteiger partial charge in [-0.25, -0.2) is 0 Å². The van der Waals surface area contributed by atoms with Gasteiger partial charge in [0.2, 0.25) is 0 Å². The minimum absolute atomic E-state index is 0.584. The number of benzene rings is 1. The third-order valence-corrected chi connectivity index (χ3v) is 3.99. The summed E-state index contributed by atoms with van der Waals surface area (Å²) in [6.45, 7) is 6.66. The highest BCUT2D eigenvalue weighted by molar-refractivity contribution is 7.07. The molecule has 2 nitrogen and oxygen atoms in total. The number of rotatable bonds is 7. The van der Waals surface area contributed by atoms with Gasteiger partial charge in [-0.3, -0.25) is 0 Å². The molecule has 0 spiro atoms. The van der Waals surface area contributed by atoms with Crippen molar-refractivity contribution in [3.05, 3.63) is 51.2 Å². The van der Waals surface area contributed by atoms with Crippen LogP contribution in [0.1, 0.15) is 25.0 Å². The highest BCUT2D eigenvalue weighted by atomic mass is 35.5. The summed E-state index contributed by atoms with van der Waals surface area (Å²) in [4.78, 5) is 0. The van der Waals surface area contributed by atoms with E-state index in [1.54, 1.807) is 11.3 Å². The standard InChI is InChI=1S/C16H20ClNOS/c1-12(2)8-18-9-14-15(17)4-3-5-16(14)19-10-13-6-7-20-11-13/h3-7,11-12,18H,8-10H2,1-2H3. The minimum atomic E-state index is 0.584. The Balaban J connectivity index is 2.01. The SMILES string of the molecule is CC(C)CNCc1c(Cl)cccc1OCc1ccsc1. The van der Waals surface area contributed by atoms with Crippen LogP contribution in [0, 0.1) is 5.92 Å². The Morgan fingerprint density at radius 3 is 2.85 bits per heavy atom. The lowest BCUT2D eigenvalue weighted by molar-refractivity contribution is 0.302. The van der Waals surface area contributed by atoms with Crippen LogP contribution in [0.4, 0.5) is 0 Å². The lowest BCUT2D eigenvalue weighted by Gasteiger charge is -2.14. The van der Waals surface area contributed by atoms with Gasteiger partial charge < -0.3 is 10.1 Å². The molecule has 0 atom stereocenters. The molecule has 1 N–H and O–H groups in total. The summed E-state index contributed by atoms with van der Waals surface area (Å²) in [5, 5.41) is 8.32. The zero-order valence-electron chi connectivity index (χ0n) is 11.9. The molecule has 0 bridgehead atoms. The molecule has 1 aromatic carbocycles. The van der Waals surface area contributed by atoms with E-state index in [9.17, 15) is 0 Å². The third-order valence-electron chi connectivity index (χ3n) is 2.90.